The van der Waals surface area contributed by atoms with E-state index in [0.29, 0.717) is 12.8 Å². The minimum atomic E-state index is -4.74. The van der Waals surface area contributed by atoms with Crippen molar-refractivity contribution in [1.82, 2.24) is 0 Å². The average Bonchev–Trinajstić information content (AvgIpc) is 2.11. The van der Waals surface area contributed by atoms with Gasteiger partial charge in [0.15, 0.2) is 6.10 Å². The Morgan fingerprint density at radius 1 is 1.29 bits per heavy atom. The van der Waals surface area contributed by atoms with Crippen molar-refractivity contribution in [3.8, 4) is 0 Å². The van der Waals surface area contributed by atoms with E-state index in [-0.39, 0.29) is 6.42 Å². The maximum Gasteiger partial charge on any atom is 0.414 e. The number of rotatable bonds is 5. The van der Waals surface area contributed by atoms with Crippen molar-refractivity contribution in [2.75, 3.05) is 6.67 Å². The van der Waals surface area contributed by atoms with Gasteiger partial charge in [0.2, 0.25) is 0 Å². The third-order valence-electron chi connectivity index (χ3n) is 2.38. The van der Waals surface area contributed by atoms with Crippen LogP contribution in [0.1, 0.15) is 33.1 Å². The van der Waals surface area contributed by atoms with Crippen molar-refractivity contribution in [2.24, 2.45) is 5.41 Å². The molecule has 0 saturated carbocycles. The third kappa shape index (κ3) is 3.44. The van der Waals surface area contributed by atoms with Crippen LogP contribution >= 0.6 is 0 Å². The van der Waals surface area contributed by atoms with Gasteiger partial charge in [-0.25, -0.2) is 0 Å². The van der Waals surface area contributed by atoms with Crippen molar-refractivity contribution in [1.29, 1.82) is 0 Å². The highest BCUT2D eigenvalue weighted by Crippen LogP contribution is 2.38. The van der Waals surface area contributed by atoms with Crippen LogP contribution in [0.2, 0.25) is 0 Å². The Morgan fingerprint density at radius 2 is 1.79 bits per heavy atom. The normalized spacial score (nSPS) is 19.1. The largest absolute Gasteiger partial charge is 0.414 e. The monoisotopic (exact) mass is 216 g/mol. The molecule has 0 amide bonds. The third-order valence-corrected chi connectivity index (χ3v) is 2.38. The average molecular weight is 216 g/mol. The lowest BCUT2D eigenvalue weighted by molar-refractivity contribution is -0.240. The summed E-state index contributed by atoms with van der Waals surface area (Å²) in [5.41, 5.74) is -1.70. The van der Waals surface area contributed by atoms with Gasteiger partial charge >= 0.3 is 6.18 Å². The fourth-order valence-corrected chi connectivity index (χ4v) is 1.25. The highest BCUT2D eigenvalue weighted by molar-refractivity contribution is 4.86. The molecule has 2 unspecified atom stereocenters. The maximum atomic E-state index is 12.5. The van der Waals surface area contributed by atoms with Crippen molar-refractivity contribution >= 4 is 0 Å². The number of halogens is 4. The molecule has 0 aliphatic rings. The molecule has 0 radical (unpaired) electrons. The minimum absolute atomic E-state index is 0.0423. The summed E-state index contributed by atoms with van der Waals surface area (Å²) >= 11 is 0. The standard InChI is InChI=1S/C9H16F4O/c1-3-4-5-8(2,6-10)7(14)9(11,12)13/h7,14H,3-6H2,1-2H3. The first-order valence-corrected chi connectivity index (χ1v) is 4.58. The molecule has 2 atom stereocenters. The molecule has 0 heterocycles. The number of hydrogen-bond donors (Lipinski definition) is 1. The van der Waals surface area contributed by atoms with Crippen LogP contribution in [0.4, 0.5) is 17.6 Å². The molecular formula is C9H16F4O. The lowest BCUT2D eigenvalue weighted by atomic mass is 9.80. The maximum absolute atomic E-state index is 12.5. The number of unbranched alkanes of at least 4 members (excludes halogenated alkanes) is 1. The van der Waals surface area contributed by atoms with Gasteiger partial charge < -0.3 is 5.11 Å². The van der Waals surface area contributed by atoms with Crippen LogP contribution in [0, 0.1) is 5.41 Å². The lowest BCUT2D eigenvalue weighted by Gasteiger charge is -2.32. The SMILES string of the molecule is CCCCC(C)(CF)C(O)C(F)(F)F. The Labute approximate surface area is 81.1 Å². The van der Waals surface area contributed by atoms with Crippen molar-refractivity contribution < 1.29 is 22.7 Å². The predicted octanol–water partition coefficient (Wildman–Crippen LogP) is 3.08. The predicted molar refractivity (Wildman–Crippen MR) is 45.7 cm³/mol. The van der Waals surface area contributed by atoms with Crippen molar-refractivity contribution in [3.05, 3.63) is 0 Å². The van der Waals surface area contributed by atoms with E-state index in [9.17, 15) is 17.6 Å². The summed E-state index contributed by atoms with van der Waals surface area (Å²) in [6.45, 7) is 1.77. The van der Waals surface area contributed by atoms with Crippen LogP contribution in [0.5, 0.6) is 0 Å². The molecule has 0 aliphatic carbocycles. The molecule has 1 N–H and O–H groups in total. The van der Waals surface area contributed by atoms with E-state index in [1.807, 2.05) is 0 Å². The van der Waals surface area contributed by atoms with Gasteiger partial charge in [0.05, 0.1) is 6.67 Å². The van der Waals surface area contributed by atoms with Crippen LogP contribution in [0.15, 0.2) is 0 Å². The minimum Gasteiger partial charge on any atom is -0.383 e. The molecule has 0 saturated heterocycles. The molecule has 0 aromatic carbocycles. The second-order valence-electron chi connectivity index (χ2n) is 3.84. The van der Waals surface area contributed by atoms with Gasteiger partial charge in [-0.15, -0.1) is 0 Å². The summed E-state index contributed by atoms with van der Waals surface area (Å²) in [7, 11) is 0. The number of alkyl halides is 4. The molecule has 0 spiro atoms. The topological polar surface area (TPSA) is 20.2 Å². The van der Waals surface area contributed by atoms with Gasteiger partial charge in [-0.2, -0.15) is 13.2 Å². The van der Waals surface area contributed by atoms with Crippen LogP contribution in [-0.2, 0) is 0 Å². The van der Waals surface area contributed by atoms with Crippen molar-refractivity contribution in [2.45, 2.75) is 45.4 Å². The molecule has 1 nitrogen and oxygen atoms in total. The second-order valence-corrected chi connectivity index (χ2v) is 3.84. The Kier molecular flexibility index (Phi) is 4.84. The van der Waals surface area contributed by atoms with Crippen LogP contribution < -0.4 is 0 Å². The van der Waals surface area contributed by atoms with E-state index < -0.39 is 24.4 Å². The van der Waals surface area contributed by atoms with Gasteiger partial charge in [0, 0.05) is 5.41 Å². The number of aliphatic hydroxyl groups is 1. The van der Waals surface area contributed by atoms with E-state index in [0.717, 1.165) is 6.92 Å². The Balaban J connectivity index is 4.50. The van der Waals surface area contributed by atoms with E-state index in [2.05, 4.69) is 0 Å². The molecule has 0 rings (SSSR count). The first kappa shape index (κ1) is 13.7. The van der Waals surface area contributed by atoms with Crippen LogP contribution in [0.3, 0.4) is 0 Å². The van der Waals surface area contributed by atoms with Gasteiger partial charge in [0.25, 0.3) is 0 Å². The summed E-state index contributed by atoms with van der Waals surface area (Å²) < 4.78 is 48.9. The summed E-state index contributed by atoms with van der Waals surface area (Å²) in [5, 5.41) is 8.97. The fourth-order valence-electron chi connectivity index (χ4n) is 1.25. The van der Waals surface area contributed by atoms with Crippen LogP contribution in [0.25, 0.3) is 0 Å². The number of aliphatic hydroxyl groups excluding tert-OH is 1. The van der Waals surface area contributed by atoms with Gasteiger partial charge in [-0.05, 0) is 6.42 Å². The first-order valence-electron chi connectivity index (χ1n) is 4.58. The molecular weight excluding hydrogens is 200 g/mol. The van der Waals surface area contributed by atoms with Crippen LogP contribution in [-0.4, -0.2) is 24.1 Å². The quantitative estimate of drug-likeness (QED) is 0.700. The first-order chi connectivity index (χ1) is 6.28. The van der Waals surface area contributed by atoms with E-state index in [1.54, 1.807) is 6.92 Å². The zero-order chi connectivity index (χ0) is 11.4. The molecule has 0 aromatic rings. The van der Waals surface area contributed by atoms with E-state index in [1.165, 1.54) is 0 Å². The zero-order valence-corrected chi connectivity index (χ0v) is 8.36. The lowest BCUT2D eigenvalue weighted by Crippen LogP contribution is -2.45. The van der Waals surface area contributed by atoms with E-state index >= 15 is 0 Å². The Hall–Kier alpha value is -0.320. The molecule has 86 valence electrons. The summed E-state index contributed by atoms with van der Waals surface area (Å²) in [6.07, 6.45) is -6.12. The van der Waals surface area contributed by atoms with Gasteiger partial charge in [-0.3, -0.25) is 4.39 Å². The summed E-state index contributed by atoms with van der Waals surface area (Å²) in [4.78, 5) is 0. The highest BCUT2D eigenvalue weighted by atomic mass is 19.4. The highest BCUT2D eigenvalue weighted by Gasteiger charge is 2.49. The summed E-state index contributed by atoms with van der Waals surface area (Å²) in [5.74, 6) is 0. The smallest absolute Gasteiger partial charge is 0.383 e. The second kappa shape index (κ2) is 4.96. The molecule has 0 bridgehead atoms. The molecule has 0 aromatic heterocycles. The van der Waals surface area contributed by atoms with Gasteiger partial charge in [-0.1, -0.05) is 26.7 Å². The number of hydrogen-bond acceptors (Lipinski definition) is 1. The molecule has 5 heteroatoms. The Bertz CT molecular complexity index is 169. The molecule has 14 heavy (non-hydrogen) atoms. The molecule has 0 aliphatic heterocycles. The van der Waals surface area contributed by atoms with Crippen molar-refractivity contribution in [3.63, 3.8) is 0 Å². The van der Waals surface area contributed by atoms with E-state index in [4.69, 9.17) is 5.11 Å². The summed E-state index contributed by atoms with van der Waals surface area (Å²) in [6, 6.07) is 0. The zero-order valence-electron chi connectivity index (χ0n) is 8.36. The molecule has 0 fully saturated rings. The van der Waals surface area contributed by atoms with Gasteiger partial charge in [0.1, 0.15) is 0 Å². The fraction of sp³-hybridized carbons (Fsp3) is 1.00. The Morgan fingerprint density at radius 3 is 2.07 bits per heavy atom.